The lowest BCUT2D eigenvalue weighted by Crippen LogP contribution is -2.01. The van der Waals surface area contributed by atoms with Gasteiger partial charge in [0.2, 0.25) is 0 Å². The zero-order valence-corrected chi connectivity index (χ0v) is 15.3. The summed E-state index contributed by atoms with van der Waals surface area (Å²) in [5, 5.41) is 10.5. The molecule has 0 saturated heterocycles. The summed E-state index contributed by atoms with van der Waals surface area (Å²) in [7, 11) is 0. The molecule has 0 radical (unpaired) electrons. The van der Waals surface area contributed by atoms with Crippen LogP contribution in [0.3, 0.4) is 0 Å². The number of hydrogen-bond acceptors (Lipinski definition) is 1. The molecular formula is C22H25NO2. The van der Waals surface area contributed by atoms with Crippen LogP contribution in [0, 0.1) is 13.8 Å². The molecule has 2 aromatic carbocycles. The minimum absolute atomic E-state index is 0.0205. The molecule has 3 nitrogen and oxygen atoms in total. The van der Waals surface area contributed by atoms with Crippen LogP contribution in [-0.4, -0.2) is 16.1 Å². The number of aryl methyl sites for hydroxylation is 2. The number of nitrogens with one attached hydrogen (secondary N) is 1. The fourth-order valence-electron chi connectivity index (χ4n) is 3.38. The highest BCUT2D eigenvalue weighted by Gasteiger charge is 2.18. The van der Waals surface area contributed by atoms with Crippen LogP contribution in [0.5, 0.6) is 0 Å². The number of hydrogen-bond donors (Lipinski definition) is 2. The van der Waals surface area contributed by atoms with Gasteiger partial charge in [0.1, 0.15) is 0 Å². The van der Waals surface area contributed by atoms with E-state index in [1.807, 2.05) is 0 Å². The van der Waals surface area contributed by atoms with E-state index in [1.54, 1.807) is 0 Å². The molecule has 0 aliphatic heterocycles. The van der Waals surface area contributed by atoms with Crippen LogP contribution in [0.15, 0.2) is 36.4 Å². The summed E-state index contributed by atoms with van der Waals surface area (Å²) in [6.45, 7) is 8.50. The summed E-state index contributed by atoms with van der Waals surface area (Å²) in [5.41, 5.74) is 7.46. The van der Waals surface area contributed by atoms with Crippen molar-refractivity contribution in [2.24, 2.45) is 0 Å². The molecule has 1 atom stereocenters. The molecule has 2 N–H and O–H groups in total. The number of carboxylic acid groups (broad SMARTS) is 1. The normalized spacial score (nSPS) is 12.5. The molecule has 0 aliphatic carbocycles. The van der Waals surface area contributed by atoms with E-state index in [1.165, 1.54) is 11.1 Å². The minimum atomic E-state index is -0.804. The number of fused-ring (bicyclic) bond motifs is 1. The quantitative estimate of drug-likeness (QED) is 0.638. The standard InChI is InChI=1S/C22H25NO2/c1-5-14(3)16-8-9-20-18(11-16)19(12-21(24)25)22(23-20)17-10-13(2)6-7-15(17)4/h6-11,14,23H,5,12H2,1-4H3,(H,24,25). The number of benzene rings is 2. The molecule has 0 spiro atoms. The Hall–Kier alpha value is -2.55. The Balaban J connectivity index is 2.27. The fourth-order valence-corrected chi connectivity index (χ4v) is 3.38. The Kier molecular flexibility index (Phi) is 4.67. The average molecular weight is 335 g/mol. The van der Waals surface area contributed by atoms with Gasteiger partial charge in [-0.05, 0) is 61.1 Å². The molecule has 3 rings (SSSR count). The van der Waals surface area contributed by atoms with Crippen molar-refractivity contribution >= 4 is 16.9 Å². The summed E-state index contributed by atoms with van der Waals surface area (Å²) >= 11 is 0. The van der Waals surface area contributed by atoms with Crippen molar-refractivity contribution in [1.29, 1.82) is 0 Å². The van der Waals surface area contributed by atoms with Crippen LogP contribution >= 0.6 is 0 Å². The monoisotopic (exact) mass is 335 g/mol. The van der Waals surface area contributed by atoms with Gasteiger partial charge in [0.25, 0.3) is 0 Å². The lowest BCUT2D eigenvalue weighted by atomic mass is 9.94. The summed E-state index contributed by atoms with van der Waals surface area (Å²) in [6.07, 6.45) is 1.08. The molecule has 0 saturated carbocycles. The van der Waals surface area contributed by atoms with Gasteiger partial charge >= 0.3 is 5.97 Å². The van der Waals surface area contributed by atoms with Gasteiger partial charge < -0.3 is 10.1 Å². The molecule has 1 unspecified atom stereocenters. The molecule has 25 heavy (non-hydrogen) atoms. The van der Waals surface area contributed by atoms with E-state index in [0.717, 1.165) is 39.7 Å². The number of rotatable bonds is 5. The van der Waals surface area contributed by atoms with Gasteiger partial charge in [0, 0.05) is 16.5 Å². The predicted octanol–water partition coefficient (Wildman–Crippen LogP) is 5.59. The lowest BCUT2D eigenvalue weighted by molar-refractivity contribution is -0.136. The smallest absolute Gasteiger partial charge is 0.307 e. The van der Waals surface area contributed by atoms with Crippen LogP contribution in [0.4, 0.5) is 0 Å². The molecule has 0 fully saturated rings. The summed E-state index contributed by atoms with van der Waals surface area (Å²) < 4.78 is 0. The van der Waals surface area contributed by atoms with Gasteiger partial charge in [-0.2, -0.15) is 0 Å². The third-order valence-electron chi connectivity index (χ3n) is 5.10. The van der Waals surface area contributed by atoms with Crippen LogP contribution in [0.1, 0.15) is 48.4 Å². The SMILES string of the molecule is CCC(C)c1ccc2[nH]c(-c3cc(C)ccc3C)c(CC(=O)O)c2c1. The van der Waals surface area contributed by atoms with Crippen molar-refractivity contribution in [3.8, 4) is 11.3 Å². The maximum absolute atomic E-state index is 11.5. The van der Waals surface area contributed by atoms with Gasteiger partial charge in [-0.25, -0.2) is 0 Å². The van der Waals surface area contributed by atoms with Crippen molar-refractivity contribution in [2.75, 3.05) is 0 Å². The van der Waals surface area contributed by atoms with Gasteiger partial charge in [0.15, 0.2) is 0 Å². The third kappa shape index (κ3) is 3.32. The van der Waals surface area contributed by atoms with E-state index in [9.17, 15) is 9.90 Å². The highest BCUT2D eigenvalue weighted by Crippen LogP contribution is 2.35. The lowest BCUT2D eigenvalue weighted by Gasteiger charge is -2.10. The Morgan fingerprint density at radius 2 is 1.92 bits per heavy atom. The second-order valence-electron chi connectivity index (χ2n) is 6.98. The maximum atomic E-state index is 11.5. The molecular weight excluding hydrogens is 310 g/mol. The highest BCUT2D eigenvalue weighted by atomic mass is 16.4. The van der Waals surface area contributed by atoms with E-state index < -0.39 is 5.97 Å². The van der Waals surface area contributed by atoms with Crippen molar-refractivity contribution in [2.45, 2.75) is 46.5 Å². The maximum Gasteiger partial charge on any atom is 0.307 e. The highest BCUT2D eigenvalue weighted by molar-refractivity contribution is 5.94. The summed E-state index contributed by atoms with van der Waals surface area (Å²) in [4.78, 5) is 15.0. The van der Waals surface area contributed by atoms with Crippen molar-refractivity contribution in [3.05, 3.63) is 58.7 Å². The van der Waals surface area contributed by atoms with Crippen molar-refractivity contribution in [1.82, 2.24) is 4.98 Å². The van der Waals surface area contributed by atoms with Crippen molar-refractivity contribution < 1.29 is 9.90 Å². The number of carboxylic acids is 1. The predicted molar refractivity (Wildman–Crippen MR) is 103 cm³/mol. The Morgan fingerprint density at radius 1 is 1.16 bits per heavy atom. The van der Waals surface area contributed by atoms with E-state index in [-0.39, 0.29) is 6.42 Å². The number of aromatic nitrogens is 1. The molecule has 3 heteroatoms. The van der Waals surface area contributed by atoms with Crippen LogP contribution in [0.25, 0.3) is 22.2 Å². The average Bonchev–Trinajstić information content (AvgIpc) is 2.93. The van der Waals surface area contributed by atoms with E-state index >= 15 is 0 Å². The fraction of sp³-hybridized carbons (Fsp3) is 0.318. The van der Waals surface area contributed by atoms with E-state index in [2.05, 4.69) is 69.1 Å². The topological polar surface area (TPSA) is 53.1 Å². The first kappa shape index (κ1) is 17.3. The van der Waals surface area contributed by atoms with Crippen molar-refractivity contribution in [3.63, 3.8) is 0 Å². The largest absolute Gasteiger partial charge is 0.481 e. The first-order valence-electron chi connectivity index (χ1n) is 8.84. The third-order valence-corrected chi connectivity index (χ3v) is 5.10. The van der Waals surface area contributed by atoms with Gasteiger partial charge in [-0.15, -0.1) is 0 Å². The van der Waals surface area contributed by atoms with Gasteiger partial charge in [-0.1, -0.05) is 37.6 Å². The first-order chi connectivity index (χ1) is 11.9. The molecule has 1 aromatic heterocycles. The number of aliphatic carboxylic acids is 1. The van der Waals surface area contributed by atoms with E-state index in [0.29, 0.717) is 5.92 Å². The minimum Gasteiger partial charge on any atom is -0.481 e. The summed E-state index contributed by atoms with van der Waals surface area (Å²) in [5.74, 6) is -0.345. The van der Waals surface area contributed by atoms with Gasteiger partial charge in [-0.3, -0.25) is 4.79 Å². The van der Waals surface area contributed by atoms with Crippen LogP contribution in [-0.2, 0) is 11.2 Å². The Labute approximate surface area is 148 Å². The second kappa shape index (κ2) is 6.75. The Bertz CT molecular complexity index is 937. The molecule has 0 amide bonds. The van der Waals surface area contributed by atoms with E-state index in [4.69, 9.17) is 0 Å². The molecule has 3 aromatic rings. The number of carbonyl (C=O) groups is 1. The molecule has 0 aliphatic rings. The van der Waals surface area contributed by atoms with Crippen LogP contribution < -0.4 is 0 Å². The zero-order valence-electron chi connectivity index (χ0n) is 15.3. The zero-order chi connectivity index (χ0) is 18.1. The van der Waals surface area contributed by atoms with Crippen LogP contribution in [0.2, 0.25) is 0 Å². The first-order valence-corrected chi connectivity index (χ1v) is 8.84. The summed E-state index contributed by atoms with van der Waals surface area (Å²) in [6, 6.07) is 12.7. The Morgan fingerprint density at radius 3 is 2.60 bits per heavy atom. The molecule has 130 valence electrons. The molecule has 0 bridgehead atoms. The second-order valence-corrected chi connectivity index (χ2v) is 6.98. The number of H-pyrrole nitrogens is 1. The van der Waals surface area contributed by atoms with Gasteiger partial charge in [0.05, 0.1) is 12.1 Å². The number of aromatic amines is 1. The molecule has 1 heterocycles.